The van der Waals surface area contributed by atoms with Crippen molar-refractivity contribution >= 4 is 40.5 Å². The summed E-state index contributed by atoms with van der Waals surface area (Å²) in [6.45, 7) is 0. The number of ether oxygens (including phenoxy) is 1. The maximum Gasteiger partial charge on any atom is 0.291 e. The van der Waals surface area contributed by atoms with Gasteiger partial charge in [0.2, 0.25) is 0 Å². The number of rotatable bonds is 6. The Morgan fingerprint density at radius 1 is 1.10 bits per heavy atom. The zero-order valence-electron chi connectivity index (χ0n) is 15.0. The highest BCUT2D eigenvalue weighted by Gasteiger charge is 2.17. The Bertz CT molecular complexity index is 1080. The van der Waals surface area contributed by atoms with Crippen molar-refractivity contribution in [2.45, 2.75) is 0 Å². The maximum absolute atomic E-state index is 12.6. The van der Waals surface area contributed by atoms with E-state index in [9.17, 15) is 19.7 Å². The number of benzene rings is 2. The Labute approximate surface area is 169 Å². The Hall–Kier alpha value is -3.85. The third kappa shape index (κ3) is 4.53. The second-order valence-electron chi connectivity index (χ2n) is 5.72. The molecule has 3 rings (SSSR count). The molecule has 0 aliphatic heterocycles. The summed E-state index contributed by atoms with van der Waals surface area (Å²) in [5.74, 6) is -0.593. The molecule has 0 aliphatic rings. The first-order valence-electron chi connectivity index (χ1n) is 8.17. The summed E-state index contributed by atoms with van der Waals surface area (Å²) in [5.41, 5.74) is 0.470. The van der Waals surface area contributed by atoms with E-state index in [1.54, 1.807) is 18.2 Å². The van der Waals surface area contributed by atoms with Crippen LogP contribution >= 0.6 is 11.6 Å². The number of nitrogens with zero attached hydrogens (tertiary/aromatic N) is 1. The third-order valence-corrected chi connectivity index (χ3v) is 4.17. The van der Waals surface area contributed by atoms with Crippen LogP contribution in [0.25, 0.3) is 0 Å². The van der Waals surface area contributed by atoms with Crippen LogP contribution in [0.4, 0.5) is 17.1 Å². The number of furan rings is 1. The Morgan fingerprint density at radius 2 is 1.90 bits per heavy atom. The predicted octanol–water partition coefficient (Wildman–Crippen LogP) is 4.35. The van der Waals surface area contributed by atoms with Crippen molar-refractivity contribution in [3.63, 3.8) is 0 Å². The molecule has 1 heterocycles. The molecule has 0 bridgehead atoms. The van der Waals surface area contributed by atoms with Gasteiger partial charge < -0.3 is 19.8 Å². The molecule has 0 saturated carbocycles. The highest BCUT2D eigenvalue weighted by molar-refractivity contribution is 6.34. The molecule has 29 heavy (non-hydrogen) atoms. The average Bonchev–Trinajstić information content (AvgIpc) is 3.23. The van der Waals surface area contributed by atoms with Gasteiger partial charge in [0.15, 0.2) is 5.76 Å². The Morgan fingerprint density at radius 3 is 2.52 bits per heavy atom. The number of nitro groups is 1. The van der Waals surface area contributed by atoms with E-state index in [0.717, 1.165) is 6.07 Å². The van der Waals surface area contributed by atoms with Gasteiger partial charge in [-0.25, -0.2) is 0 Å². The van der Waals surface area contributed by atoms with Gasteiger partial charge in [-0.3, -0.25) is 19.7 Å². The van der Waals surface area contributed by atoms with Crippen LogP contribution in [0.2, 0.25) is 5.02 Å². The van der Waals surface area contributed by atoms with E-state index >= 15 is 0 Å². The van der Waals surface area contributed by atoms with Gasteiger partial charge in [0.1, 0.15) is 5.75 Å². The van der Waals surface area contributed by atoms with Crippen molar-refractivity contribution in [1.29, 1.82) is 0 Å². The lowest BCUT2D eigenvalue weighted by molar-refractivity contribution is -0.384. The third-order valence-electron chi connectivity index (χ3n) is 3.86. The van der Waals surface area contributed by atoms with E-state index in [2.05, 4.69) is 10.6 Å². The summed E-state index contributed by atoms with van der Waals surface area (Å²) in [7, 11) is 1.42. The molecule has 0 saturated heterocycles. The normalized spacial score (nSPS) is 10.3. The van der Waals surface area contributed by atoms with Gasteiger partial charge in [-0.05, 0) is 36.4 Å². The molecule has 1 aromatic heterocycles. The highest BCUT2D eigenvalue weighted by atomic mass is 35.5. The van der Waals surface area contributed by atoms with Crippen LogP contribution < -0.4 is 15.4 Å². The molecule has 2 N–H and O–H groups in total. The molecule has 0 unspecified atom stereocenters. The number of carbonyl (C=O) groups is 2. The fourth-order valence-electron chi connectivity index (χ4n) is 2.48. The van der Waals surface area contributed by atoms with Crippen molar-refractivity contribution in [3.05, 3.63) is 81.3 Å². The van der Waals surface area contributed by atoms with Gasteiger partial charge >= 0.3 is 0 Å². The van der Waals surface area contributed by atoms with E-state index in [4.69, 9.17) is 20.8 Å². The van der Waals surface area contributed by atoms with Crippen LogP contribution in [-0.4, -0.2) is 23.8 Å². The smallest absolute Gasteiger partial charge is 0.291 e. The lowest BCUT2D eigenvalue weighted by Crippen LogP contribution is -2.15. The second-order valence-corrected chi connectivity index (χ2v) is 6.13. The monoisotopic (exact) mass is 415 g/mol. The van der Waals surface area contributed by atoms with Crippen LogP contribution in [0.15, 0.2) is 59.2 Å². The van der Waals surface area contributed by atoms with Crippen LogP contribution in [0.3, 0.4) is 0 Å². The van der Waals surface area contributed by atoms with Crippen LogP contribution in [0, 0.1) is 10.1 Å². The molecule has 2 aromatic carbocycles. The molecule has 10 heteroatoms. The molecular weight excluding hydrogens is 402 g/mol. The molecule has 3 aromatic rings. The van der Waals surface area contributed by atoms with Crippen LogP contribution in [-0.2, 0) is 0 Å². The van der Waals surface area contributed by atoms with E-state index in [1.807, 2.05) is 0 Å². The molecule has 0 radical (unpaired) electrons. The number of hydrogen-bond donors (Lipinski definition) is 2. The zero-order valence-corrected chi connectivity index (χ0v) is 15.7. The van der Waals surface area contributed by atoms with Crippen molar-refractivity contribution in [2.75, 3.05) is 17.7 Å². The Kier molecular flexibility index (Phi) is 5.79. The minimum Gasteiger partial charge on any atom is -0.495 e. The average molecular weight is 416 g/mol. The minimum atomic E-state index is -0.609. The van der Waals surface area contributed by atoms with Gasteiger partial charge in [0.05, 0.1) is 34.6 Å². The SMILES string of the molecule is COc1ccc(NC(=O)c2ccco2)cc1NC(=O)c1ccc([N+](=O)[O-])cc1Cl. The van der Waals surface area contributed by atoms with E-state index < -0.39 is 16.7 Å². The molecule has 0 atom stereocenters. The van der Waals surface area contributed by atoms with Gasteiger partial charge in [-0.15, -0.1) is 0 Å². The van der Waals surface area contributed by atoms with Crippen molar-refractivity contribution < 1.29 is 23.7 Å². The number of nitro benzene ring substituents is 1. The predicted molar refractivity (Wildman–Crippen MR) is 106 cm³/mol. The fourth-order valence-corrected chi connectivity index (χ4v) is 2.74. The lowest BCUT2D eigenvalue weighted by atomic mass is 10.1. The summed E-state index contributed by atoms with van der Waals surface area (Å²) in [5, 5.41) is 16.0. The topological polar surface area (TPSA) is 124 Å². The molecule has 2 amide bonds. The summed E-state index contributed by atoms with van der Waals surface area (Å²) < 4.78 is 10.3. The maximum atomic E-state index is 12.6. The molecule has 0 aliphatic carbocycles. The van der Waals surface area contributed by atoms with Crippen molar-refractivity contribution in [1.82, 2.24) is 0 Å². The number of anilines is 2. The standard InChI is InChI=1S/C19H14ClN3O6/c1-28-16-7-4-11(21-19(25)17-3-2-8-29-17)9-15(16)22-18(24)13-6-5-12(23(26)27)10-14(13)20/h2-10H,1H3,(H,21,25)(H,22,24). The summed E-state index contributed by atoms with van der Waals surface area (Å²) in [6, 6.07) is 11.3. The highest BCUT2D eigenvalue weighted by Crippen LogP contribution is 2.30. The fraction of sp³-hybridized carbons (Fsp3) is 0.0526. The second kappa shape index (κ2) is 8.44. The van der Waals surface area contributed by atoms with Crippen molar-refractivity contribution in [2.24, 2.45) is 0 Å². The van der Waals surface area contributed by atoms with Crippen molar-refractivity contribution in [3.8, 4) is 5.75 Å². The van der Waals surface area contributed by atoms with Crippen LogP contribution in [0.1, 0.15) is 20.9 Å². The van der Waals surface area contributed by atoms with Crippen LogP contribution in [0.5, 0.6) is 5.75 Å². The number of hydrogen-bond acceptors (Lipinski definition) is 6. The summed E-state index contributed by atoms with van der Waals surface area (Å²) in [6.07, 6.45) is 1.38. The first-order chi connectivity index (χ1) is 13.9. The quantitative estimate of drug-likeness (QED) is 0.455. The number of amides is 2. The van der Waals surface area contributed by atoms with E-state index in [-0.39, 0.29) is 27.7 Å². The summed E-state index contributed by atoms with van der Waals surface area (Å²) in [4.78, 5) is 34.9. The van der Waals surface area contributed by atoms with Gasteiger partial charge in [0, 0.05) is 17.8 Å². The van der Waals surface area contributed by atoms with Gasteiger partial charge in [0.25, 0.3) is 17.5 Å². The molecule has 0 fully saturated rings. The van der Waals surface area contributed by atoms with E-state index in [1.165, 1.54) is 37.6 Å². The molecule has 0 spiro atoms. The number of carbonyl (C=O) groups excluding carboxylic acids is 2. The number of nitrogens with one attached hydrogen (secondary N) is 2. The van der Waals surface area contributed by atoms with E-state index in [0.29, 0.717) is 11.4 Å². The largest absolute Gasteiger partial charge is 0.495 e. The Balaban J connectivity index is 1.83. The van der Waals surface area contributed by atoms with Gasteiger partial charge in [-0.2, -0.15) is 0 Å². The lowest BCUT2D eigenvalue weighted by Gasteiger charge is -2.13. The molecule has 9 nitrogen and oxygen atoms in total. The van der Waals surface area contributed by atoms with Gasteiger partial charge in [-0.1, -0.05) is 11.6 Å². The summed E-state index contributed by atoms with van der Waals surface area (Å²) >= 11 is 6.00. The first-order valence-corrected chi connectivity index (χ1v) is 8.55. The minimum absolute atomic E-state index is 0.0457. The zero-order chi connectivity index (χ0) is 21.0. The number of halogens is 1. The first kappa shape index (κ1) is 19.9. The molecule has 148 valence electrons. The number of methoxy groups -OCH3 is 1. The molecular formula is C19H14ClN3O6. The number of non-ortho nitro benzene ring substituents is 1.